The number of carbonyl (C=O) groups excluding carboxylic acids is 1. The maximum atomic E-state index is 11.2. The number of aliphatic hydroxyl groups excluding tert-OH is 2. The van der Waals surface area contributed by atoms with Gasteiger partial charge in [-0.1, -0.05) is 90.4 Å². The van der Waals surface area contributed by atoms with Gasteiger partial charge in [-0.2, -0.15) is 0 Å². The van der Waals surface area contributed by atoms with Gasteiger partial charge in [0.2, 0.25) is 5.91 Å². The Morgan fingerprint density at radius 1 is 0.880 bits per heavy atom. The molecule has 2 atom stereocenters. The second kappa shape index (κ2) is 18.5. The maximum absolute atomic E-state index is 11.2. The molecule has 0 fully saturated rings. The lowest BCUT2D eigenvalue weighted by Gasteiger charge is -2.21. The molecule has 1 amide bonds. The standard InChI is InChI=1S/C20H40ClNO3/c1-2-3-4-5-6-7-8-9-10-11-12-13-14-15-19(24)18(17-23)22-20(25)16-21/h18-19,23-24H,2-17H2,1H3,(H,22,25)/t18-,19-/m1/s1. The minimum Gasteiger partial charge on any atom is -0.394 e. The average molecular weight is 378 g/mol. The van der Waals surface area contributed by atoms with Crippen molar-refractivity contribution in [3.05, 3.63) is 0 Å². The summed E-state index contributed by atoms with van der Waals surface area (Å²) < 4.78 is 0. The summed E-state index contributed by atoms with van der Waals surface area (Å²) >= 11 is 5.42. The lowest BCUT2D eigenvalue weighted by Crippen LogP contribution is -2.46. The second-order valence-electron chi connectivity index (χ2n) is 7.09. The Labute approximate surface area is 159 Å². The topological polar surface area (TPSA) is 69.6 Å². The predicted molar refractivity (Wildman–Crippen MR) is 106 cm³/mol. The molecule has 0 rings (SSSR count). The Morgan fingerprint density at radius 3 is 1.72 bits per heavy atom. The van der Waals surface area contributed by atoms with Gasteiger partial charge < -0.3 is 15.5 Å². The van der Waals surface area contributed by atoms with Crippen LogP contribution in [0, 0.1) is 0 Å². The zero-order valence-corrected chi connectivity index (χ0v) is 16.9. The first kappa shape index (κ1) is 24.7. The van der Waals surface area contributed by atoms with E-state index >= 15 is 0 Å². The van der Waals surface area contributed by atoms with Gasteiger partial charge in [0.25, 0.3) is 0 Å². The summed E-state index contributed by atoms with van der Waals surface area (Å²) in [5, 5.41) is 21.8. The number of amides is 1. The quantitative estimate of drug-likeness (QED) is 0.242. The van der Waals surface area contributed by atoms with Crippen LogP contribution in [0.25, 0.3) is 0 Å². The molecule has 0 saturated heterocycles. The molecule has 0 spiro atoms. The van der Waals surface area contributed by atoms with Crippen LogP contribution >= 0.6 is 11.6 Å². The summed E-state index contributed by atoms with van der Waals surface area (Å²) in [6, 6.07) is -0.608. The molecule has 0 unspecified atom stereocenters. The highest BCUT2D eigenvalue weighted by Crippen LogP contribution is 2.14. The molecule has 0 aliphatic carbocycles. The number of carbonyl (C=O) groups is 1. The fourth-order valence-corrected chi connectivity index (χ4v) is 3.16. The number of nitrogens with one attached hydrogen (secondary N) is 1. The molecule has 0 aliphatic heterocycles. The van der Waals surface area contributed by atoms with Crippen molar-refractivity contribution >= 4 is 17.5 Å². The Kier molecular flexibility index (Phi) is 18.2. The summed E-state index contributed by atoms with van der Waals surface area (Å²) in [5.41, 5.74) is 0. The largest absolute Gasteiger partial charge is 0.394 e. The van der Waals surface area contributed by atoms with E-state index in [-0.39, 0.29) is 18.4 Å². The molecule has 0 aliphatic rings. The van der Waals surface area contributed by atoms with E-state index in [1.807, 2.05) is 0 Å². The highest BCUT2D eigenvalue weighted by molar-refractivity contribution is 6.27. The molecule has 4 nitrogen and oxygen atoms in total. The summed E-state index contributed by atoms with van der Waals surface area (Å²) in [5.74, 6) is -0.507. The molecule has 150 valence electrons. The van der Waals surface area contributed by atoms with Crippen LogP contribution in [0.1, 0.15) is 96.8 Å². The highest BCUT2D eigenvalue weighted by Gasteiger charge is 2.19. The van der Waals surface area contributed by atoms with E-state index in [1.165, 1.54) is 70.6 Å². The van der Waals surface area contributed by atoms with E-state index in [0.29, 0.717) is 6.42 Å². The highest BCUT2D eigenvalue weighted by atomic mass is 35.5. The number of aliphatic hydroxyl groups is 2. The lowest BCUT2D eigenvalue weighted by molar-refractivity contribution is -0.120. The summed E-state index contributed by atoms with van der Waals surface area (Å²) in [6.07, 6.45) is 16.7. The molecule has 0 aromatic rings. The van der Waals surface area contributed by atoms with Crippen LogP contribution < -0.4 is 5.32 Å². The molecule has 0 saturated carbocycles. The Balaban J connectivity index is 3.40. The first-order valence-electron chi connectivity index (χ1n) is 10.3. The fourth-order valence-electron chi connectivity index (χ4n) is 3.08. The monoisotopic (exact) mass is 377 g/mol. The SMILES string of the molecule is CCCCCCCCCCCCCCC[C@@H](O)[C@@H](CO)NC(=O)CCl. The van der Waals surface area contributed by atoms with Crippen molar-refractivity contribution in [2.75, 3.05) is 12.5 Å². The van der Waals surface area contributed by atoms with Gasteiger partial charge in [0.1, 0.15) is 5.88 Å². The smallest absolute Gasteiger partial charge is 0.235 e. The molecule has 5 heteroatoms. The van der Waals surface area contributed by atoms with Crippen molar-refractivity contribution < 1.29 is 15.0 Å². The molecule has 0 radical (unpaired) electrons. The number of halogens is 1. The van der Waals surface area contributed by atoms with Crippen molar-refractivity contribution in [1.29, 1.82) is 0 Å². The van der Waals surface area contributed by atoms with E-state index in [9.17, 15) is 15.0 Å². The Bertz CT molecular complexity index is 303. The van der Waals surface area contributed by atoms with Gasteiger partial charge in [0.05, 0.1) is 18.8 Å². The predicted octanol–water partition coefficient (Wildman–Crippen LogP) is 4.54. The Morgan fingerprint density at radius 2 is 1.32 bits per heavy atom. The first-order chi connectivity index (χ1) is 12.2. The van der Waals surface area contributed by atoms with Crippen LogP contribution in [0.15, 0.2) is 0 Å². The Hall–Kier alpha value is -0.320. The lowest BCUT2D eigenvalue weighted by atomic mass is 10.0. The van der Waals surface area contributed by atoms with Crippen molar-refractivity contribution in [3.8, 4) is 0 Å². The van der Waals surface area contributed by atoms with Gasteiger partial charge >= 0.3 is 0 Å². The molecule has 0 aromatic carbocycles. The van der Waals surface area contributed by atoms with Gasteiger partial charge in [0.15, 0.2) is 0 Å². The number of hydrogen-bond donors (Lipinski definition) is 3. The molecule has 3 N–H and O–H groups in total. The van der Waals surface area contributed by atoms with Crippen molar-refractivity contribution in [2.24, 2.45) is 0 Å². The third kappa shape index (κ3) is 15.6. The molecule has 25 heavy (non-hydrogen) atoms. The number of hydrogen-bond acceptors (Lipinski definition) is 3. The van der Waals surface area contributed by atoms with Crippen LogP contribution in [0.3, 0.4) is 0 Å². The normalized spacial score (nSPS) is 13.6. The van der Waals surface area contributed by atoms with Crippen molar-refractivity contribution in [2.45, 2.75) is 109 Å². The van der Waals surface area contributed by atoms with E-state index in [2.05, 4.69) is 12.2 Å². The first-order valence-corrected chi connectivity index (χ1v) is 10.8. The zero-order chi connectivity index (χ0) is 18.8. The van der Waals surface area contributed by atoms with E-state index in [1.54, 1.807) is 0 Å². The van der Waals surface area contributed by atoms with Crippen LogP contribution in [-0.4, -0.2) is 40.8 Å². The van der Waals surface area contributed by atoms with Gasteiger partial charge in [-0.3, -0.25) is 4.79 Å². The summed E-state index contributed by atoms with van der Waals surface area (Å²) in [7, 11) is 0. The second-order valence-corrected chi connectivity index (χ2v) is 7.36. The van der Waals surface area contributed by atoms with E-state index in [4.69, 9.17) is 11.6 Å². The molecular weight excluding hydrogens is 338 g/mol. The van der Waals surface area contributed by atoms with Crippen molar-refractivity contribution in [1.82, 2.24) is 5.32 Å². The third-order valence-corrected chi connectivity index (χ3v) is 4.98. The third-order valence-electron chi connectivity index (χ3n) is 4.73. The van der Waals surface area contributed by atoms with E-state index in [0.717, 1.165) is 12.8 Å². The average Bonchev–Trinajstić information content (AvgIpc) is 2.63. The maximum Gasteiger partial charge on any atom is 0.235 e. The molecular formula is C20H40ClNO3. The van der Waals surface area contributed by atoms with Crippen LogP contribution in [-0.2, 0) is 4.79 Å². The van der Waals surface area contributed by atoms with Gasteiger partial charge in [0, 0.05) is 0 Å². The molecule has 0 bridgehead atoms. The molecule has 0 aromatic heterocycles. The fraction of sp³-hybridized carbons (Fsp3) is 0.950. The zero-order valence-electron chi connectivity index (χ0n) is 16.1. The van der Waals surface area contributed by atoms with Crippen molar-refractivity contribution in [3.63, 3.8) is 0 Å². The molecule has 0 heterocycles. The van der Waals surface area contributed by atoms with Crippen LogP contribution in [0.2, 0.25) is 0 Å². The van der Waals surface area contributed by atoms with Crippen LogP contribution in [0.4, 0.5) is 0 Å². The van der Waals surface area contributed by atoms with Gasteiger partial charge in [-0.15, -0.1) is 11.6 Å². The van der Waals surface area contributed by atoms with Gasteiger partial charge in [-0.25, -0.2) is 0 Å². The van der Waals surface area contributed by atoms with Gasteiger partial charge in [-0.05, 0) is 6.42 Å². The van der Waals surface area contributed by atoms with E-state index < -0.39 is 12.1 Å². The summed E-state index contributed by atoms with van der Waals surface area (Å²) in [4.78, 5) is 11.2. The minimum atomic E-state index is -0.704. The van der Waals surface area contributed by atoms with Crippen LogP contribution in [0.5, 0.6) is 0 Å². The number of alkyl halides is 1. The summed E-state index contributed by atoms with van der Waals surface area (Å²) in [6.45, 7) is 1.99. The number of unbranched alkanes of at least 4 members (excludes halogenated alkanes) is 12. The minimum absolute atomic E-state index is 0.151. The number of rotatable bonds is 18.